The molecule has 0 radical (unpaired) electrons. The number of imidazole rings is 1. The van der Waals surface area contributed by atoms with Crippen molar-refractivity contribution in [1.82, 2.24) is 9.55 Å². The number of hydrogen-bond donors (Lipinski definition) is 0. The van der Waals surface area contributed by atoms with Gasteiger partial charge in [-0.1, -0.05) is 24.3 Å². The molecule has 0 amide bonds. The summed E-state index contributed by atoms with van der Waals surface area (Å²) in [5.41, 5.74) is 3.30. The van der Waals surface area contributed by atoms with Crippen LogP contribution >= 0.6 is 11.6 Å². The standard InChI is InChI=1S/C16H12ClN3/c17-10-9-15-19-16-12(11-18)5-4-8-14(16)20(15)13-6-2-1-3-7-13/h1-8H,9-10H2. The van der Waals surface area contributed by atoms with Gasteiger partial charge < -0.3 is 0 Å². The van der Waals surface area contributed by atoms with Crippen LogP contribution in [0.2, 0.25) is 0 Å². The summed E-state index contributed by atoms with van der Waals surface area (Å²) < 4.78 is 2.07. The summed E-state index contributed by atoms with van der Waals surface area (Å²) in [4.78, 5) is 4.61. The van der Waals surface area contributed by atoms with Crippen LogP contribution in [0.1, 0.15) is 11.4 Å². The van der Waals surface area contributed by atoms with Gasteiger partial charge in [0.1, 0.15) is 17.4 Å². The average molecular weight is 282 g/mol. The highest BCUT2D eigenvalue weighted by molar-refractivity contribution is 6.18. The molecule has 4 heteroatoms. The highest BCUT2D eigenvalue weighted by Crippen LogP contribution is 2.24. The van der Waals surface area contributed by atoms with Crippen molar-refractivity contribution in [3.8, 4) is 11.8 Å². The van der Waals surface area contributed by atoms with Gasteiger partial charge in [0.2, 0.25) is 0 Å². The van der Waals surface area contributed by atoms with Gasteiger partial charge in [0.05, 0.1) is 11.1 Å². The van der Waals surface area contributed by atoms with Crippen molar-refractivity contribution >= 4 is 22.6 Å². The number of aryl methyl sites for hydroxylation is 1. The number of nitriles is 1. The van der Waals surface area contributed by atoms with Crippen molar-refractivity contribution < 1.29 is 0 Å². The van der Waals surface area contributed by atoms with E-state index < -0.39 is 0 Å². The number of halogens is 1. The zero-order chi connectivity index (χ0) is 13.9. The van der Waals surface area contributed by atoms with Crippen LogP contribution in [0.3, 0.4) is 0 Å². The van der Waals surface area contributed by atoms with Crippen LogP contribution < -0.4 is 0 Å². The Morgan fingerprint density at radius 2 is 1.90 bits per heavy atom. The first-order valence-electron chi connectivity index (χ1n) is 6.37. The molecule has 3 rings (SSSR count). The molecule has 0 aliphatic heterocycles. The van der Waals surface area contributed by atoms with E-state index >= 15 is 0 Å². The van der Waals surface area contributed by atoms with Crippen LogP contribution in [0, 0.1) is 11.3 Å². The minimum atomic E-state index is 0.498. The SMILES string of the molecule is N#Cc1cccc2c1nc(CCCl)n2-c1ccccc1. The topological polar surface area (TPSA) is 41.6 Å². The maximum Gasteiger partial charge on any atom is 0.115 e. The Bertz CT molecular complexity index is 785. The lowest BCUT2D eigenvalue weighted by molar-refractivity contribution is 0.912. The lowest BCUT2D eigenvalue weighted by Gasteiger charge is -2.08. The van der Waals surface area contributed by atoms with Crippen molar-refractivity contribution in [2.75, 3.05) is 5.88 Å². The number of aromatic nitrogens is 2. The van der Waals surface area contributed by atoms with Gasteiger partial charge in [-0.05, 0) is 24.3 Å². The summed E-state index contributed by atoms with van der Waals surface area (Å²) in [6, 6.07) is 17.8. The van der Waals surface area contributed by atoms with Gasteiger partial charge in [-0.25, -0.2) is 4.98 Å². The second-order valence-corrected chi connectivity index (χ2v) is 4.80. The van der Waals surface area contributed by atoms with Crippen LogP contribution in [0.15, 0.2) is 48.5 Å². The molecule has 0 aliphatic rings. The number of alkyl halides is 1. The van der Waals surface area contributed by atoms with Crippen LogP contribution in [0.25, 0.3) is 16.7 Å². The summed E-state index contributed by atoms with van der Waals surface area (Å²) in [5.74, 6) is 1.38. The van der Waals surface area contributed by atoms with Crippen LogP contribution in [-0.4, -0.2) is 15.4 Å². The number of nitrogens with zero attached hydrogens (tertiary/aromatic N) is 3. The van der Waals surface area contributed by atoms with E-state index in [-0.39, 0.29) is 0 Å². The van der Waals surface area contributed by atoms with Crippen molar-refractivity contribution in [3.63, 3.8) is 0 Å². The molecule has 2 aromatic carbocycles. The molecule has 0 bridgehead atoms. The molecule has 3 nitrogen and oxygen atoms in total. The van der Waals surface area contributed by atoms with E-state index in [1.807, 2.05) is 42.5 Å². The molecule has 0 atom stereocenters. The molecule has 0 saturated carbocycles. The Kier molecular flexibility index (Phi) is 3.41. The van der Waals surface area contributed by atoms with Crippen molar-refractivity contribution in [3.05, 3.63) is 59.9 Å². The predicted octanol–water partition coefficient (Wildman–Crippen LogP) is 3.68. The number of hydrogen-bond acceptors (Lipinski definition) is 2. The zero-order valence-electron chi connectivity index (χ0n) is 10.8. The van der Waals surface area contributed by atoms with Crippen molar-refractivity contribution in [2.24, 2.45) is 0 Å². The molecule has 0 N–H and O–H groups in total. The molecular weight excluding hydrogens is 270 g/mol. The lowest BCUT2D eigenvalue weighted by Crippen LogP contribution is -2.01. The van der Waals surface area contributed by atoms with Crippen molar-refractivity contribution in [1.29, 1.82) is 5.26 Å². The highest BCUT2D eigenvalue weighted by Gasteiger charge is 2.14. The maximum absolute atomic E-state index is 9.21. The monoisotopic (exact) mass is 281 g/mol. The quantitative estimate of drug-likeness (QED) is 0.687. The second-order valence-electron chi connectivity index (χ2n) is 4.42. The van der Waals surface area contributed by atoms with E-state index in [9.17, 15) is 5.26 Å². The molecule has 20 heavy (non-hydrogen) atoms. The molecular formula is C16H12ClN3. The van der Waals surface area contributed by atoms with Crippen molar-refractivity contribution in [2.45, 2.75) is 6.42 Å². The van der Waals surface area contributed by atoms with Gasteiger partial charge in [0, 0.05) is 18.0 Å². The molecule has 98 valence electrons. The third-order valence-electron chi connectivity index (χ3n) is 3.21. The summed E-state index contributed by atoms with van der Waals surface area (Å²) in [7, 11) is 0. The summed E-state index contributed by atoms with van der Waals surface area (Å²) >= 11 is 5.88. The summed E-state index contributed by atoms with van der Waals surface area (Å²) in [6.07, 6.45) is 0.663. The molecule has 0 spiro atoms. The van der Waals surface area contributed by atoms with E-state index in [4.69, 9.17) is 11.6 Å². The number of rotatable bonds is 3. The molecule has 0 aliphatic carbocycles. The fourth-order valence-corrected chi connectivity index (χ4v) is 2.52. The third kappa shape index (κ3) is 2.04. The zero-order valence-corrected chi connectivity index (χ0v) is 11.5. The average Bonchev–Trinajstić information content (AvgIpc) is 2.86. The molecule has 1 heterocycles. The number of para-hydroxylation sites is 2. The molecule has 0 saturated heterocycles. The van der Waals surface area contributed by atoms with E-state index in [1.165, 1.54) is 0 Å². The summed E-state index contributed by atoms with van der Waals surface area (Å²) in [6.45, 7) is 0. The molecule has 3 aromatic rings. The first kappa shape index (κ1) is 12.7. The lowest BCUT2D eigenvalue weighted by atomic mass is 10.2. The van der Waals surface area contributed by atoms with Gasteiger partial charge >= 0.3 is 0 Å². The first-order chi connectivity index (χ1) is 9.85. The second kappa shape index (κ2) is 5.36. The van der Waals surface area contributed by atoms with Gasteiger partial charge in [0.25, 0.3) is 0 Å². The van der Waals surface area contributed by atoms with Gasteiger partial charge in [-0.2, -0.15) is 5.26 Å². The van der Waals surface area contributed by atoms with E-state index in [1.54, 1.807) is 6.07 Å². The Balaban J connectivity index is 2.34. The smallest absolute Gasteiger partial charge is 0.115 e. The van der Waals surface area contributed by atoms with Gasteiger partial charge in [0.15, 0.2) is 0 Å². The largest absolute Gasteiger partial charge is 0.296 e. The molecule has 1 aromatic heterocycles. The van der Waals surface area contributed by atoms with Gasteiger partial charge in [-0.15, -0.1) is 11.6 Å². The Morgan fingerprint density at radius 1 is 1.10 bits per heavy atom. The summed E-state index contributed by atoms with van der Waals surface area (Å²) in [5, 5.41) is 9.21. The van der Waals surface area contributed by atoms with E-state index in [2.05, 4.69) is 15.6 Å². The molecule has 0 unspecified atom stereocenters. The predicted molar refractivity (Wildman–Crippen MR) is 80.2 cm³/mol. The fraction of sp³-hybridized carbons (Fsp3) is 0.125. The van der Waals surface area contributed by atoms with Crippen LogP contribution in [0.5, 0.6) is 0 Å². The highest BCUT2D eigenvalue weighted by atomic mass is 35.5. The first-order valence-corrected chi connectivity index (χ1v) is 6.90. The minimum absolute atomic E-state index is 0.498. The fourth-order valence-electron chi connectivity index (χ4n) is 2.35. The maximum atomic E-state index is 9.21. The third-order valence-corrected chi connectivity index (χ3v) is 3.40. The van der Waals surface area contributed by atoms with Crippen LogP contribution in [0.4, 0.5) is 0 Å². The number of benzene rings is 2. The van der Waals surface area contributed by atoms with E-state index in [0.29, 0.717) is 17.9 Å². The minimum Gasteiger partial charge on any atom is -0.296 e. The Hall–Kier alpha value is -2.31. The Morgan fingerprint density at radius 3 is 2.60 bits per heavy atom. The van der Waals surface area contributed by atoms with Gasteiger partial charge in [-0.3, -0.25) is 4.57 Å². The van der Waals surface area contributed by atoms with Crippen LogP contribution in [-0.2, 0) is 6.42 Å². The molecule has 0 fully saturated rings. The van der Waals surface area contributed by atoms with E-state index in [0.717, 1.165) is 22.5 Å². The normalized spacial score (nSPS) is 10.6. The number of fused-ring (bicyclic) bond motifs is 1. The Labute approximate surface area is 122 Å².